The van der Waals surface area contributed by atoms with E-state index in [0.29, 0.717) is 0 Å². The van der Waals surface area contributed by atoms with Gasteiger partial charge in [0.2, 0.25) is 0 Å². The van der Waals surface area contributed by atoms with Crippen LogP contribution in [0.3, 0.4) is 0 Å². The van der Waals surface area contributed by atoms with E-state index in [1.54, 1.807) is 0 Å². The van der Waals surface area contributed by atoms with Gasteiger partial charge in [-0.1, -0.05) is 133 Å². The number of para-hydroxylation sites is 2. The van der Waals surface area contributed by atoms with Gasteiger partial charge >= 0.3 is 0 Å². The monoisotopic (exact) mass is 802 g/mol. The van der Waals surface area contributed by atoms with Gasteiger partial charge in [0.05, 0.1) is 39.3 Å². The van der Waals surface area contributed by atoms with Gasteiger partial charge in [0.1, 0.15) is 0 Å². The maximum Gasteiger partial charge on any atom is 0.0737 e. The van der Waals surface area contributed by atoms with Crippen LogP contribution in [0.25, 0.3) is 96.3 Å². The van der Waals surface area contributed by atoms with Crippen molar-refractivity contribution in [1.29, 1.82) is 0 Å². The third kappa shape index (κ3) is 7.58. The topological polar surface area (TPSA) is 59.4 Å². The second-order valence-corrected chi connectivity index (χ2v) is 14.2. The van der Waals surface area contributed by atoms with Gasteiger partial charge in [0.25, 0.3) is 0 Å². The maximum absolute atomic E-state index is 5.29. The maximum atomic E-state index is 5.29. The van der Waals surface area contributed by atoms with E-state index < -0.39 is 0 Å². The van der Waals surface area contributed by atoms with Crippen molar-refractivity contribution in [2.75, 3.05) is 0 Å². The Bertz CT molecular complexity index is 3080. The van der Waals surface area contributed by atoms with E-state index in [4.69, 9.17) is 9.97 Å². The fourth-order valence-corrected chi connectivity index (χ4v) is 7.83. The Balaban J connectivity index is 0.000000356. The molecule has 2 aliphatic heterocycles. The van der Waals surface area contributed by atoms with E-state index in [1.807, 2.05) is 30.5 Å². The summed E-state index contributed by atoms with van der Waals surface area (Å²) in [5, 5.41) is 1.20. The molecule has 4 aromatic heterocycles. The minimum absolute atomic E-state index is 0. The van der Waals surface area contributed by atoms with Gasteiger partial charge < -0.3 is 9.55 Å². The quantitative estimate of drug-likeness (QED) is 0.193. The summed E-state index contributed by atoms with van der Waals surface area (Å²) in [5.41, 5.74) is 16.5. The fraction of sp³-hybridized carbons (Fsp3) is 0. The molecule has 0 atom stereocenters. The number of nitrogens with zero attached hydrogens (tertiary/aromatic N) is 4. The van der Waals surface area contributed by atoms with Crippen molar-refractivity contribution in [3.63, 3.8) is 0 Å². The number of benzene rings is 5. The summed E-state index contributed by atoms with van der Waals surface area (Å²) in [6, 6.07) is 65.4. The number of hydrogen-bond donors (Lipinski definition) is 1. The molecule has 0 fully saturated rings. The average molecular weight is 803 g/mol. The summed E-state index contributed by atoms with van der Waals surface area (Å²) in [6.07, 6.45) is 10.2. The van der Waals surface area contributed by atoms with Crippen LogP contribution in [0.2, 0.25) is 0 Å². The van der Waals surface area contributed by atoms with Crippen molar-refractivity contribution in [2.24, 2.45) is 0 Å². The number of aromatic amines is 1. The van der Waals surface area contributed by atoms with E-state index in [2.05, 4.69) is 203 Å². The molecule has 0 spiro atoms. The first-order valence-electron chi connectivity index (χ1n) is 19.4. The van der Waals surface area contributed by atoms with Crippen molar-refractivity contribution < 1.29 is 16.8 Å². The summed E-state index contributed by atoms with van der Waals surface area (Å²) in [4.78, 5) is 18.1. The second kappa shape index (κ2) is 16.6. The molecule has 5 nitrogen and oxygen atoms in total. The number of rotatable bonds is 4. The molecule has 1 radical (unpaired) electrons. The van der Waals surface area contributed by atoms with Crippen molar-refractivity contribution in [2.45, 2.75) is 0 Å². The van der Waals surface area contributed by atoms with Crippen molar-refractivity contribution in [3.8, 4) is 39.1 Å². The molecular formula is C53H37CoN5. The molecule has 1 N–H and O–H groups in total. The number of H-pyrrole nitrogens is 1. The van der Waals surface area contributed by atoms with Gasteiger partial charge in [-0.05, 0) is 95.6 Å². The van der Waals surface area contributed by atoms with Crippen LogP contribution in [0.5, 0.6) is 0 Å². The Labute approximate surface area is 353 Å². The fourth-order valence-electron chi connectivity index (χ4n) is 7.83. The molecule has 11 rings (SSSR count). The number of hydrogen-bond acceptors (Lipinski definition) is 3. The Morgan fingerprint density at radius 3 is 1.58 bits per heavy atom. The number of pyridine rings is 1. The Kier molecular flexibility index (Phi) is 10.5. The Hall–Kier alpha value is -7.38. The van der Waals surface area contributed by atoms with Crippen LogP contribution < -0.4 is 0 Å². The summed E-state index contributed by atoms with van der Waals surface area (Å²) in [7, 11) is 0. The zero-order valence-electron chi connectivity index (χ0n) is 31.9. The predicted octanol–water partition coefficient (Wildman–Crippen LogP) is 13.4. The van der Waals surface area contributed by atoms with Gasteiger partial charge in [0, 0.05) is 61.8 Å². The number of aromatic nitrogens is 5. The van der Waals surface area contributed by atoms with Gasteiger partial charge in [-0.3, -0.25) is 4.98 Å². The van der Waals surface area contributed by atoms with E-state index >= 15 is 0 Å². The van der Waals surface area contributed by atoms with Gasteiger partial charge in [-0.25, -0.2) is 9.97 Å². The second-order valence-electron chi connectivity index (χ2n) is 14.2. The minimum atomic E-state index is 0. The molecular weight excluding hydrogens is 766 g/mol. The van der Waals surface area contributed by atoms with Gasteiger partial charge in [0.15, 0.2) is 0 Å². The van der Waals surface area contributed by atoms with E-state index in [0.717, 1.165) is 89.4 Å². The normalized spacial score (nSPS) is 11.5. The standard InChI is InChI=1S/C44H30N4.C9H7N.Co/c1-5-13-30(14-6-1)41-39-26-25-36(47-39)28-35-22-21-33(45-35)27-34-23-24-37(46-34)29-40-42(31-15-7-2-8-16-31)43(32-17-9-3-10-18-32)44(41)48(40)38-19-11-4-12-20-38;1-2-6-9-8(4-1)5-3-7-10-9;/h1-29,45H;1-7H;. The number of nitrogens with one attached hydrogen (secondary N) is 1. The van der Waals surface area contributed by atoms with Crippen molar-refractivity contribution in [3.05, 3.63) is 217 Å². The zero-order valence-corrected chi connectivity index (χ0v) is 32.9. The Morgan fingerprint density at radius 2 is 0.932 bits per heavy atom. The van der Waals surface area contributed by atoms with Crippen LogP contribution in [0.15, 0.2) is 194 Å². The summed E-state index contributed by atoms with van der Waals surface area (Å²) < 4.78 is 2.41. The first-order valence-corrected chi connectivity index (χ1v) is 19.4. The summed E-state index contributed by atoms with van der Waals surface area (Å²) >= 11 is 0. The molecule has 283 valence electrons. The summed E-state index contributed by atoms with van der Waals surface area (Å²) in [5.74, 6) is 0. The van der Waals surface area contributed by atoms with Crippen molar-refractivity contribution >= 4 is 57.3 Å². The molecule has 5 aromatic carbocycles. The van der Waals surface area contributed by atoms with E-state index in [9.17, 15) is 0 Å². The average Bonchev–Trinajstić information content (AvgIpc) is 4.10. The molecule has 0 amide bonds. The van der Waals surface area contributed by atoms with E-state index in [-0.39, 0.29) is 16.8 Å². The molecule has 0 aliphatic carbocycles. The molecule has 6 heteroatoms. The number of fused-ring (bicyclic) bond motifs is 9. The smallest absolute Gasteiger partial charge is 0.0737 e. The molecule has 9 aromatic rings. The molecule has 0 unspecified atom stereocenters. The van der Waals surface area contributed by atoms with Gasteiger partial charge in [-0.15, -0.1) is 0 Å². The molecule has 59 heavy (non-hydrogen) atoms. The van der Waals surface area contributed by atoms with Crippen LogP contribution in [0.4, 0.5) is 0 Å². The van der Waals surface area contributed by atoms with Crippen LogP contribution >= 0.6 is 0 Å². The molecule has 2 aliphatic rings. The predicted molar refractivity (Wildman–Crippen MR) is 242 cm³/mol. The minimum Gasteiger partial charge on any atom is -0.355 e. The third-order valence-corrected chi connectivity index (χ3v) is 10.4. The SMILES string of the molecule is C1=Cc2cc3c(-c4ccccc4)c(-c4ccccc4)c(c(-c4ccccc4)c4nc(cc5ccc(cc1n2)[nH]5)C=C4)n3-c1ccccc1.[Co].c1ccc2ncccc2c1. The third-order valence-electron chi connectivity index (χ3n) is 10.4. The summed E-state index contributed by atoms with van der Waals surface area (Å²) in [6.45, 7) is 0. The first kappa shape index (κ1) is 37.2. The van der Waals surface area contributed by atoms with Crippen LogP contribution in [-0.2, 0) is 16.8 Å². The first-order chi connectivity index (χ1) is 28.7. The van der Waals surface area contributed by atoms with Gasteiger partial charge in [-0.2, -0.15) is 0 Å². The largest absolute Gasteiger partial charge is 0.355 e. The molecule has 8 bridgehead atoms. The van der Waals surface area contributed by atoms with Crippen molar-refractivity contribution in [1.82, 2.24) is 24.5 Å². The van der Waals surface area contributed by atoms with Crippen LogP contribution in [-0.4, -0.2) is 24.5 Å². The molecule has 0 saturated heterocycles. The zero-order chi connectivity index (χ0) is 38.7. The molecule has 6 heterocycles. The molecule has 0 saturated carbocycles. The Morgan fingerprint density at radius 1 is 0.424 bits per heavy atom. The van der Waals surface area contributed by atoms with Crippen LogP contribution in [0.1, 0.15) is 22.8 Å². The van der Waals surface area contributed by atoms with Crippen LogP contribution in [0, 0.1) is 0 Å². The van der Waals surface area contributed by atoms with E-state index in [1.165, 1.54) is 5.39 Å².